The molecule has 1 aliphatic rings. The number of thiocarbonyl (C=S) groups is 1. The van der Waals surface area contributed by atoms with Gasteiger partial charge in [0.15, 0.2) is 5.11 Å². The van der Waals surface area contributed by atoms with Crippen LogP contribution in [0.2, 0.25) is 0 Å². The van der Waals surface area contributed by atoms with E-state index in [0.717, 1.165) is 17.3 Å². The van der Waals surface area contributed by atoms with Gasteiger partial charge in [-0.1, -0.05) is 50.3 Å². The summed E-state index contributed by atoms with van der Waals surface area (Å²) in [5.41, 5.74) is 6.12. The first-order valence-corrected chi connectivity index (χ1v) is 9.95. The lowest BCUT2D eigenvalue weighted by molar-refractivity contribution is -0.122. The van der Waals surface area contributed by atoms with Crippen molar-refractivity contribution in [3.8, 4) is 0 Å². The number of hydrazine groups is 1. The van der Waals surface area contributed by atoms with Crippen molar-refractivity contribution in [1.29, 1.82) is 0 Å². The summed E-state index contributed by atoms with van der Waals surface area (Å²) in [4.78, 5) is 24.1. The van der Waals surface area contributed by atoms with Crippen LogP contribution in [0.4, 0.5) is 0 Å². The molecule has 2 amide bonds. The van der Waals surface area contributed by atoms with Gasteiger partial charge in [0.1, 0.15) is 6.54 Å². The van der Waals surface area contributed by atoms with Crippen LogP contribution in [0.15, 0.2) is 36.5 Å². The number of amides is 2. The van der Waals surface area contributed by atoms with Gasteiger partial charge in [-0.3, -0.25) is 20.4 Å². The molecule has 0 radical (unpaired) electrons. The molecular weight excluding hydrogens is 360 g/mol. The van der Waals surface area contributed by atoms with E-state index in [-0.39, 0.29) is 23.5 Å². The Bertz CT molecular complexity index is 811. The number of benzene rings is 1. The van der Waals surface area contributed by atoms with Crippen LogP contribution in [0.25, 0.3) is 10.9 Å². The largest absolute Gasteiger partial charge is 0.338 e. The van der Waals surface area contributed by atoms with E-state index in [0.29, 0.717) is 12.3 Å². The number of nitrogens with one attached hydrogen (secondary N) is 3. The Morgan fingerprint density at radius 1 is 1.04 bits per heavy atom. The van der Waals surface area contributed by atoms with Crippen LogP contribution in [0.3, 0.4) is 0 Å². The molecular formula is C20H26N4O2S. The summed E-state index contributed by atoms with van der Waals surface area (Å²) in [7, 11) is 0. The van der Waals surface area contributed by atoms with Crippen molar-refractivity contribution in [1.82, 2.24) is 20.7 Å². The van der Waals surface area contributed by atoms with Gasteiger partial charge in [0.05, 0.1) is 0 Å². The van der Waals surface area contributed by atoms with Crippen molar-refractivity contribution in [2.75, 3.05) is 0 Å². The first kappa shape index (κ1) is 19.4. The van der Waals surface area contributed by atoms with Crippen LogP contribution in [-0.2, 0) is 16.1 Å². The number of hydrogen-bond donors (Lipinski definition) is 3. The lowest BCUT2D eigenvalue weighted by atomic mass is 9.86. The second-order valence-corrected chi connectivity index (χ2v) is 7.50. The monoisotopic (exact) mass is 386 g/mol. The smallest absolute Gasteiger partial charge is 0.258 e. The van der Waals surface area contributed by atoms with Crippen molar-refractivity contribution >= 4 is 40.0 Å². The van der Waals surface area contributed by atoms with Gasteiger partial charge in [0.2, 0.25) is 5.91 Å². The maximum atomic E-state index is 12.1. The molecule has 1 heterocycles. The Morgan fingerprint density at radius 3 is 2.63 bits per heavy atom. The fourth-order valence-electron chi connectivity index (χ4n) is 3.63. The normalized spacial score (nSPS) is 14.7. The number of fused-ring (bicyclic) bond motifs is 1. The molecule has 0 spiro atoms. The summed E-state index contributed by atoms with van der Waals surface area (Å²) < 4.78 is 1.86. The highest BCUT2D eigenvalue weighted by Gasteiger charge is 2.15. The predicted molar refractivity (Wildman–Crippen MR) is 110 cm³/mol. The zero-order valence-electron chi connectivity index (χ0n) is 15.4. The van der Waals surface area contributed by atoms with Crippen molar-refractivity contribution in [2.45, 2.75) is 51.5 Å². The molecule has 0 saturated heterocycles. The van der Waals surface area contributed by atoms with E-state index >= 15 is 0 Å². The molecule has 1 fully saturated rings. The minimum Gasteiger partial charge on any atom is -0.338 e. The number of carbonyl (C=O) groups excluding carboxylic acids is 2. The molecule has 3 N–H and O–H groups in total. The van der Waals surface area contributed by atoms with Gasteiger partial charge in [-0.2, -0.15) is 0 Å². The molecule has 6 nitrogen and oxygen atoms in total. The third kappa shape index (κ3) is 5.79. The van der Waals surface area contributed by atoms with Gasteiger partial charge in [0, 0.05) is 18.1 Å². The molecule has 2 aromatic rings. The van der Waals surface area contributed by atoms with Gasteiger partial charge in [0.25, 0.3) is 5.91 Å². The Balaban J connectivity index is 1.36. The Hall–Kier alpha value is -2.41. The molecule has 0 bridgehead atoms. The highest BCUT2D eigenvalue weighted by Crippen LogP contribution is 2.27. The van der Waals surface area contributed by atoms with Crippen molar-refractivity contribution < 1.29 is 9.59 Å². The van der Waals surface area contributed by atoms with Gasteiger partial charge in [-0.15, -0.1) is 0 Å². The van der Waals surface area contributed by atoms with Crippen LogP contribution in [0, 0.1) is 5.92 Å². The zero-order chi connectivity index (χ0) is 19.1. The number of carbonyl (C=O) groups is 2. The molecule has 1 aromatic heterocycles. The van der Waals surface area contributed by atoms with Crippen LogP contribution in [0.1, 0.15) is 44.9 Å². The average Bonchev–Trinajstić information content (AvgIpc) is 3.08. The number of para-hydroxylation sites is 1. The van der Waals surface area contributed by atoms with E-state index in [2.05, 4.69) is 16.2 Å². The quantitative estimate of drug-likeness (QED) is 0.545. The van der Waals surface area contributed by atoms with Crippen LogP contribution in [-0.4, -0.2) is 21.5 Å². The van der Waals surface area contributed by atoms with Crippen molar-refractivity contribution in [3.63, 3.8) is 0 Å². The molecule has 0 aliphatic heterocycles. The van der Waals surface area contributed by atoms with E-state index in [1.807, 2.05) is 41.1 Å². The van der Waals surface area contributed by atoms with Crippen LogP contribution in [0.5, 0.6) is 0 Å². The second kappa shape index (κ2) is 9.50. The second-order valence-electron chi connectivity index (χ2n) is 7.10. The Kier molecular flexibility index (Phi) is 6.81. The van der Waals surface area contributed by atoms with Crippen molar-refractivity contribution in [3.05, 3.63) is 36.5 Å². The van der Waals surface area contributed by atoms with E-state index in [1.54, 1.807) is 0 Å². The standard InChI is InChI=1S/C20H26N4O2S/c25-18(11-10-15-6-2-1-3-7-15)21-20(27)23-22-19(26)14-24-13-12-16-8-4-5-9-17(16)24/h4-5,8-9,12-13,15H,1-3,6-7,10-11,14H2,(H,22,26)(H2,21,23,25,27). The molecule has 27 heavy (non-hydrogen) atoms. The van der Waals surface area contributed by atoms with E-state index in [9.17, 15) is 9.59 Å². The minimum atomic E-state index is -0.241. The third-order valence-corrected chi connectivity index (χ3v) is 5.27. The summed E-state index contributed by atoms with van der Waals surface area (Å²) in [5, 5.41) is 3.83. The fraction of sp³-hybridized carbons (Fsp3) is 0.450. The zero-order valence-corrected chi connectivity index (χ0v) is 16.2. The van der Waals surface area contributed by atoms with Gasteiger partial charge >= 0.3 is 0 Å². The Labute approximate surface area is 164 Å². The number of nitrogens with zero attached hydrogens (tertiary/aromatic N) is 1. The fourth-order valence-corrected chi connectivity index (χ4v) is 3.80. The minimum absolute atomic E-state index is 0.108. The molecule has 3 rings (SSSR count). The number of hydrogen-bond acceptors (Lipinski definition) is 3. The molecule has 1 aliphatic carbocycles. The maximum absolute atomic E-state index is 12.1. The van der Waals surface area contributed by atoms with E-state index in [4.69, 9.17) is 12.2 Å². The lowest BCUT2D eigenvalue weighted by Gasteiger charge is -2.21. The molecule has 0 atom stereocenters. The van der Waals surface area contributed by atoms with Crippen LogP contribution < -0.4 is 16.2 Å². The molecule has 7 heteroatoms. The predicted octanol–water partition coefficient (Wildman–Crippen LogP) is 3.02. The van der Waals surface area contributed by atoms with E-state index in [1.165, 1.54) is 32.1 Å². The van der Waals surface area contributed by atoms with Crippen molar-refractivity contribution in [2.24, 2.45) is 5.92 Å². The lowest BCUT2D eigenvalue weighted by Crippen LogP contribution is -2.49. The topological polar surface area (TPSA) is 75.2 Å². The first-order chi connectivity index (χ1) is 13.1. The number of aromatic nitrogens is 1. The molecule has 1 saturated carbocycles. The van der Waals surface area contributed by atoms with E-state index < -0.39 is 0 Å². The van der Waals surface area contributed by atoms with Gasteiger partial charge in [-0.25, -0.2) is 0 Å². The summed E-state index contributed by atoms with van der Waals surface area (Å²) in [6.45, 7) is 0.165. The third-order valence-electron chi connectivity index (χ3n) is 5.07. The highest BCUT2D eigenvalue weighted by molar-refractivity contribution is 7.80. The summed E-state index contributed by atoms with van der Waals surface area (Å²) >= 11 is 5.08. The van der Waals surface area contributed by atoms with Gasteiger partial charge in [-0.05, 0) is 42.1 Å². The first-order valence-electron chi connectivity index (χ1n) is 9.54. The average molecular weight is 387 g/mol. The molecule has 144 valence electrons. The molecule has 1 aromatic carbocycles. The summed E-state index contributed by atoms with van der Waals surface area (Å²) in [6.07, 6.45) is 9.55. The highest BCUT2D eigenvalue weighted by atomic mass is 32.1. The maximum Gasteiger partial charge on any atom is 0.258 e. The van der Waals surface area contributed by atoms with Crippen LogP contribution >= 0.6 is 12.2 Å². The molecule has 0 unspecified atom stereocenters. The number of rotatable bonds is 5. The Morgan fingerprint density at radius 2 is 1.81 bits per heavy atom. The summed E-state index contributed by atoms with van der Waals surface area (Å²) in [6, 6.07) is 9.83. The summed E-state index contributed by atoms with van der Waals surface area (Å²) in [5.74, 6) is 0.306. The van der Waals surface area contributed by atoms with Gasteiger partial charge < -0.3 is 9.88 Å². The SMILES string of the molecule is O=C(Cn1ccc2ccccc21)NNC(=S)NC(=O)CCC1CCCCC1.